The SMILES string of the molecule is CN=C(NCc1ccc(N2CCCC2)nc1)NC(C)c1ccc(OCC(C)C)cc1.I. The van der Waals surface area contributed by atoms with Gasteiger partial charge >= 0.3 is 0 Å². The van der Waals surface area contributed by atoms with Crippen molar-refractivity contribution in [3.63, 3.8) is 0 Å². The van der Waals surface area contributed by atoms with Gasteiger partial charge in [-0.05, 0) is 55.0 Å². The van der Waals surface area contributed by atoms with Gasteiger partial charge in [0, 0.05) is 32.9 Å². The Morgan fingerprint density at radius 1 is 1.10 bits per heavy atom. The molecule has 0 radical (unpaired) electrons. The maximum absolute atomic E-state index is 5.77. The predicted octanol–water partition coefficient (Wildman–Crippen LogP) is 4.76. The summed E-state index contributed by atoms with van der Waals surface area (Å²) in [4.78, 5) is 11.3. The second-order valence-corrected chi connectivity index (χ2v) is 8.28. The van der Waals surface area contributed by atoms with Gasteiger partial charge < -0.3 is 20.3 Å². The molecule has 6 nitrogen and oxygen atoms in total. The van der Waals surface area contributed by atoms with Crippen LogP contribution in [0.2, 0.25) is 0 Å². The number of rotatable bonds is 8. The summed E-state index contributed by atoms with van der Waals surface area (Å²) in [6.45, 7) is 10.1. The fourth-order valence-electron chi connectivity index (χ4n) is 3.44. The number of halogens is 1. The molecule has 0 amide bonds. The number of ether oxygens (including phenoxy) is 1. The number of benzene rings is 1. The van der Waals surface area contributed by atoms with E-state index in [4.69, 9.17) is 4.74 Å². The summed E-state index contributed by atoms with van der Waals surface area (Å²) in [5.41, 5.74) is 2.33. The first-order chi connectivity index (χ1) is 14.5. The second kappa shape index (κ2) is 12.7. The maximum atomic E-state index is 5.77. The average molecular weight is 537 g/mol. The van der Waals surface area contributed by atoms with Gasteiger partial charge in [0.2, 0.25) is 0 Å². The average Bonchev–Trinajstić information content (AvgIpc) is 3.30. The summed E-state index contributed by atoms with van der Waals surface area (Å²) in [6, 6.07) is 12.6. The molecule has 1 aliphatic heterocycles. The van der Waals surface area contributed by atoms with E-state index in [1.807, 2.05) is 18.3 Å². The Balaban J connectivity index is 0.00000341. The van der Waals surface area contributed by atoms with Crippen LogP contribution in [0.4, 0.5) is 5.82 Å². The van der Waals surface area contributed by atoms with Crippen LogP contribution in [-0.2, 0) is 6.54 Å². The van der Waals surface area contributed by atoms with Crippen molar-refractivity contribution >= 4 is 35.8 Å². The predicted molar refractivity (Wildman–Crippen MR) is 140 cm³/mol. The van der Waals surface area contributed by atoms with Crippen LogP contribution in [-0.4, -0.2) is 37.7 Å². The summed E-state index contributed by atoms with van der Waals surface area (Å²) < 4.78 is 5.77. The molecule has 1 aromatic heterocycles. The third kappa shape index (κ3) is 7.87. The highest BCUT2D eigenvalue weighted by Crippen LogP contribution is 2.19. The lowest BCUT2D eigenvalue weighted by atomic mass is 10.1. The quantitative estimate of drug-likeness (QED) is 0.289. The van der Waals surface area contributed by atoms with E-state index in [9.17, 15) is 0 Å². The zero-order valence-corrected chi connectivity index (χ0v) is 21.4. The fourth-order valence-corrected chi connectivity index (χ4v) is 3.44. The number of pyridine rings is 1. The number of hydrogen-bond donors (Lipinski definition) is 2. The molecule has 170 valence electrons. The minimum Gasteiger partial charge on any atom is -0.493 e. The third-order valence-electron chi connectivity index (χ3n) is 5.24. The molecule has 1 saturated heterocycles. The summed E-state index contributed by atoms with van der Waals surface area (Å²) in [7, 11) is 1.79. The van der Waals surface area contributed by atoms with Crippen molar-refractivity contribution < 1.29 is 4.74 Å². The Bertz CT molecular complexity index is 802. The van der Waals surface area contributed by atoms with Gasteiger partial charge in [-0.3, -0.25) is 4.99 Å². The van der Waals surface area contributed by atoms with Gasteiger partial charge in [0.1, 0.15) is 11.6 Å². The molecule has 0 spiro atoms. The Kier molecular flexibility index (Phi) is 10.4. The molecule has 2 N–H and O–H groups in total. The zero-order chi connectivity index (χ0) is 21.3. The van der Waals surface area contributed by atoms with Crippen molar-refractivity contribution in [2.75, 3.05) is 31.6 Å². The van der Waals surface area contributed by atoms with Crippen LogP contribution < -0.4 is 20.3 Å². The highest BCUT2D eigenvalue weighted by Gasteiger charge is 2.13. The lowest BCUT2D eigenvalue weighted by molar-refractivity contribution is 0.271. The van der Waals surface area contributed by atoms with Gasteiger partial charge in [-0.25, -0.2) is 4.98 Å². The molecule has 0 aliphatic carbocycles. The van der Waals surface area contributed by atoms with Crippen molar-refractivity contribution in [3.8, 4) is 5.75 Å². The topological polar surface area (TPSA) is 61.8 Å². The third-order valence-corrected chi connectivity index (χ3v) is 5.24. The Morgan fingerprint density at radius 2 is 1.81 bits per heavy atom. The molecular formula is C24H36IN5O. The first-order valence-electron chi connectivity index (χ1n) is 10.9. The van der Waals surface area contributed by atoms with Crippen LogP contribution in [0.5, 0.6) is 5.75 Å². The molecule has 1 fully saturated rings. The van der Waals surface area contributed by atoms with Crippen molar-refractivity contribution in [1.82, 2.24) is 15.6 Å². The van der Waals surface area contributed by atoms with Crippen molar-refractivity contribution in [1.29, 1.82) is 0 Å². The molecule has 2 heterocycles. The minimum atomic E-state index is 0. The number of guanidine groups is 1. The van der Waals surface area contributed by atoms with E-state index >= 15 is 0 Å². The van der Waals surface area contributed by atoms with E-state index in [-0.39, 0.29) is 30.0 Å². The molecule has 1 atom stereocenters. The second-order valence-electron chi connectivity index (χ2n) is 8.28. The smallest absolute Gasteiger partial charge is 0.191 e. The van der Waals surface area contributed by atoms with E-state index < -0.39 is 0 Å². The molecule has 1 aliphatic rings. The van der Waals surface area contributed by atoms with Crippen molar-refractivity contribution in [2.24, 2.45) is 10.9 Å². The molecule has 0 bridgehead atoms. The zero-order valence-electron chi connectivity index (χ0n) is 19.1. The van der Waals surface area contributed by atoms with E-state index in [1.54, 1.807) is 7.05 Å². The van der Waals surface area contributed by atoms with Gasteiger partial charge in [-0.2, -0.15) is 0 Å². The van der Waals surface area contributed by atoms with Crippen LogP contribution in [0.1, 0.15) is 50.8 Å². The number of anilines is 1. The van der Waals surface area contributed by atoms with Gasteiger partial charge in [0.05, 0.1) is 12.6 Å². The van der Waals surface area contributed by atoms with Gasteiger partial charge in [0.25, 0.3) is 0 Å². The van der Waals surface area contributed by atoms with Crippen LogP contribution >= 0.6 is 24.0 Å². The summed E-state index contributed by atoms with van der Waals surface area (Å²) in [5.74, 6) is 3.28. The fraction of sp³-hybridized carbons (Fsp3) is 0.500. The molecular weight excluding hydrogens is 501 g/mol. The number of nitrogens with one attached hydrogen (secondary N) is 2. The van der Waals surface area contributed by atoms with Gasteiger partial charge in [0.15, 0.2) is 5.96 Å². The lowest BCUT2D eigenvalue weighted by Gasteiger charge is -2.19. The number of aliphatic imine (C=N–C) groups is 1. The van der Waals surface area contributed by atoms with Crippen molar-refractivity contribution in [3.05, 3.63) is 53.7 Å². The summed E-state index contributed by atoms with van der Waals surface area (Å²) in [5, 5.41) is 6.83. The Morgan fingerprint density at radius 3 is 2.39 bits per heavy atom. The van der Waals surface area contributed by atoms with Crippen LogP contribution in [0.15, 0.2) is 47.6 Å². The standard InChI is InChI=1S/C24H35N5O.HI/c1-18(2)17-30-22-10-8-21(9-11-22)19(3)28-24(25-4)27-16-20-7-12-23(26-15-20)29-13-5-6-14-29;/h7-12,15,18-19H,5-6,13-14,16-17H2,1-4H3,(H2,25,27,28);1H. The normalized spacial score (nSPS) is 14.9. The summed E-state index contributed by atoms with van der Waals surface area (Å²) in [6.07, 6.45) is 4.48. The Hall–Kier alpha value is -2.03. The van der Waals surface area contributed by atoms with E-state index in [1.165, 1.54) is 18.4 Å². The van der Waals surface area contributed by atoms with Crippen LogP contribution in [0.3, 0.4) is 0 Å². The maximum Gasteiger partial charge on any atom is 0.191 e. The molecule has 7 heteroatoms. The van der Waals surface area contributed by atoms with E-state index in [2.05, 4.69) is 70.5 Å². The Labute approximate surface area is 203 Å². The molecule has 0 saturated carbocycles. The number of aromatic nitrogens is 1. The molecule has 1 aromatic carbocycles. The van der Waals surface area contributed by atoms with Gasteiger partial charge in [-0.1, -0.05) is 32.0 Å². The van der Waals surface area contributed by atoms with Crippen molar-refractivity contribution in [2.45, 2.75) is 46.2 Å². The first kappa shape index (κ1) is 25.2. The number of hydrogen-bond acceptors (Lipinski definition) is 4. The van der Waals surface area contributed by atoms with Gasteiger partial charge in [-0.15, -0.1) is 24.0 Å². The molecule has 2 aromatic rings. The van der Waals surface area contributed by atoms with Crippen LogP contribution in [0.25, 0.3) is 0 Å². The monoisotopic (exact) mass is 537 g/mol. The largest absolute Gasteiger partial charge is 0.493 e. The summed E-state index contributed by atoms with van der Waals surface area (Å²) >= 11 is 0. The van der Waals surface area contributed by atoms with E-state index in [0.29, 0.717) is 12.5 Å². The number of nitrogens with zero attached hydrogens (tertiary/aromatic N) is 3. The van der Waals surface area contributed by atoms with E-state index in [0.717, 1.165) is 42.8 Å². The van der Waals surface area contributed by atoms with Crippen LogP contribution in [0, 0.1) is 5.92 Å². The minimum absolute atomic E-state index is 0. The molecule has 31 heavy (non-hydrogen) atoms. The lowest BCUT2D eigenvalue weighted by Crippen LogP contribution is -2.38. The highest BCUT2D eigenvalue weighted by molar-refractivity contribution is 14.0. The molecule has 1 unspecified atom stereocenters. The first-order valence-corrected chi connectivity index (χ1v) is 10.9. The highest BCUT2D eigenvalue weighted by atomic mass is 127. The molecule has 3 rings (SSSR count).